The molecule has 5 amide bonds. The Bertz CT molecular complexity index is 2250. The molecule has 1 atom stereocenters. The minimum atomic E-state index is -0.981. The summed E-state index contributed by atoms with van der Waals surface area (Å²) in [6.45, 7) is 14.3. The van der Waals surface area contributed by atoms with Gasteiger partial charge in [0.2, 0.25) is 17.8 Å². The standard InChI is InChI=1S/C44H50ClN9O6/c1-43(2)40(44(3,4)41(43)60-30-8-6-27(22-46)33(45)21-30)50-36(56)28-23-47-42(48-24-28)53-15-5-14-51(18-19-53)25-26-12-16-52(17-13-26)29-7-9-31-32(20-29)39(59)54(38(31)58)34-10-11-35(55)49-37(34)57/h6-9,20-21,23-24,26,34,40-41H,5,10-19,25H2,1-4H3,(H,50,56)(H,49,55,57). The smallest absolute Gasteiger partial charge is 0.262 e. The van der Waals surface area contributed by atoms with Crippen molar-refractivity contribution in [3.63, 3.8) is 0 Å². The van der Waals surface area contributed by atoms with E-state index in [9.17, 15) is 29.2 Å². The molecule has 8 rings (SSSR count). The second kappa shape index (κ2) is 16.1. The minimum absolute atomic E-state index is 0.0859. The topological polar surface area (TPSA) is 181 Å². The van der Waals surface area contributed by atoms with Crippen molar-refractivity contribution in [2.24, 2.45) is 16.7 Å². The SMILES string of the molecule is CC1(C)C(NC(=O)c2cnc(N3CCCN(CC4CCN(c5ccc6c(c5)C(=O)N(C5CCC(=O)NC5=O)C6=O)CC4)CC3)nc2)C(C)(C)C1Oc1ccc(C#N)c(Cl)c1. The van der Waals surface area contributed by atoms with Gasteiger partial charge in [-0.05, 0) is 68.5 Å². The van der Waals surface area contributed by atoms with Crippen LogP contribution in [-0.4, -0.2) is 113 Å². The lowest BCUT2D eigenvalue weighted by Gasteiger charge is -2.63. The third-order valence-electron chi connectivity index (χ3n) is 13.1. The lowest BCUT2D eigenvalue weighted by molar-refractivity contribution is -0.164. The monoisotopic (exact) mass is 835 g/mol. The molecule has 3 aromatic rings. The first-order chi connectivity index (χ1) is 28.6. The molecule has 5 aliphatic rings. The molecule has 1 aliphatic carbocycles. The Hall–Kier alpha value is -5.59. The van der Waals surface area contributed by atoms with Gasteiger partial charge in [-0.1, -0.05) is 39.3 Å². The first-order valence-corrected chi connectivity index (χ1v) is 21.1. The van der Waals surface area contributed by atoms with Gasteiger partial charge < -0.3 is 24.8 Å². The first-order valence-electron chi connectivity index (χ1n) is 20.7. The van der Waals surface area contributed by atoms with Crippen molar-refractivity contribution in [3.8, 4) is 11.8 Å². The number of aromatic nitrogens is 2. The van der Waals surface area contributed by atoms with E-state index >= 15 is 0 Å². The van der Waals surface area contributed by atoms with E-state index in [0.717, 1.165) is 75.7 Å². The zero-order chi connectivity index (χ0) is 42.5. The molecule has 1 unspecified atom stereocenters. The number of hydrogen-bond acceptors (Lipinski definition) is 12. The van der Waals surface area contributed by atoms with Crippen LogP contribution in [0.3, 0.4) is 0 Å². The number of nitrogens with zero attached hydrogens (tertiary/aromatic N) is 7. The number of amides is 5. The summed E-state index contributed by atoms with van der Waals surface area (Å²) in [5.74, 6) is -0.532. The fraction of sp³-hybridized carbons (Fsp3) is 0.500. The lowest BCUT2D eigenvalue weighted by atomic mass is 9.49. The zero-order valence-corrected chi connectivity index (χ0v) is 35.1. The van der Waals surface area contributed by atoms with E-state index in [2.05, 4.69) is 69.1 Å². The molecular weight excluding hydrogens is 786 g/mol. The number of ether oxygens (including phenoxy) is 1. The summed E-state index contributed by atoms with van der Waals surface area (Å²) >= 11 is 6.25. The Morgan fingerprint density at radius 2 is 1.62 bits per heavy atom. The summed E-state index contributed by atoms with van der Waals surface area (Å²) in [6, 6.07) is 11.3. The van der Waals surface area contributed by atoms with Crippen LogP contribution in [0.2, 0.25) is 5.02 Å². The largest absolute Gasteiger partial charge is 0.489 e. The van der Waals surface area contributed by atoms with E-state index in [1.54, 1.807) is 42.7 Å². The third-order valence-corrected chi connectivity index (χ3v) is 13.4. The molecule has 314 valence electrons. The zero-order valence-electron chi connectivity index (χ0n) is 34.4. The summed E-state index contributed by atoms with van der Waals surface area (Å²) in [4.78, 5) is 81.3. The maximum Gasteiger partial charge on any atom is 0.262 e. The van der Waals surface area contributed by atoms with Crippen molar-refractivity contribution in [2.45, 2.75) is 78.0 Å². The molecule has 5 heterocycles. The molecule has 2 aromatic carbocycles. The van der Waals surface area contributed by atoms with Crippen molar-refractivity contribution in [3.05, 3.63) is 76.1 Å². The number of rotatable bonds is 9. The molecular formula is C44H50ClN9O6. The highest BCUT2D eigenvalue weighted by Crippen LogP contribution is 2.55. The first kappa shape index (κ1) is 41.2. The molecule has 0 bridgehead atoms. The van der Waals surface area contributed by atoms with Crippen LogP contribution < -0.4 is 25.2 Å². The Morgan fingerprint density at radius 3 is 2.30 bits per heavy atom. The van der Waals surface area contributed by atoms with Gasteiger partial charge in [-0.15, -0.1) is 0 Å². The number of piperidine rings is 2. The Kier molecular flexibility index (Phi) is 11.1. The molecule has 15 nitrogen and oxygen atoms in total. The average molecular weight is 836 g/mol. The molecule has 4 fully saturated rings. The summed E-state index contributed by atoms with van der Waals surface area (Å²) in [5.41, 5.74) is 1.46. The van der Waals surface area contributed by atoms with Gasteiger partial charge in [0.25, 0.3) is 17.7 Å². The number of carbonyl (C=O) groups excluding carboxylic acids is 5. The molecule has 60 heavy (non-hydrogen) atoms. The third kappa shape index (κ3) is 7.67. The fourth-order valence-corrected chi connectivity index (χ4v) is 10.4. The normalized spacial score (nSPS) is 24.3. The molecule has 0 radical (unpaired) electrons. The van der Waals surface area contributed by atoms with Crippen molar-refractivity contribution < 1.29 is 28.7 Å². The van der Waals surface area contributed by atoms with E-state index in [4.69, 9.17) is 16.3 Å². The van der Waals surface area contributed by atoms with Crippen LogP contribution >= 0.6 is 11.6 Å². The highest BCUT2D eigenvalue weighted by molar-refractivity contribution is 6.31. The Labute approximate surface area is 354 Å². The van der Waals surface area contributed by atoms with E-state index in [1.165, 1.54) is 0 Å². The number of halogens is 1. The molecule has 16 heteroatoms. The molecule has 4 aliphatic heterocycles. The van der Waals surface area contributed by atoms with Crippen molar-refractivity contribution in [2.75, 3.05) is 55.6 Å². The number of anilines is 2. The van der Waals surface area contributed by atoms with Crippen LogP contribution in [0, 0.1) is 28.1 Å². The van der Waals surface area contributed by atoms with E-state index in [1.807, 2.05) is 6.07 Å². The molecule has 0 spiro atoms. The average Bonchev–Trinajstić information content (AvgIpc) is 3.34. The molecule has 1 aromatic heterocycles. The summed E-state index contributed by atoms with van der Waals surface area (Å²) < 4.78 is 6.37. The Morgan fingerprint density at radius 1 is 0.900 bits per heavy atom. The molecule has 3 saturated heterocycles. The van der Waals surface area contributed by atoms with Gasteiger partial charge in [0, 0.05) is 86.7 Å². The number of imide groups is 2. The van der Waals surface area contributed by atoms with E-state index in [0.29, 0.717) is 39.3 Å². The van der Waals surface area contributed by atoms with Crippen molar-refractivity contribution >= 4 is 52.8 Å². The Balaban J connectivity index is 0.803. The number of fused-ring (bicyclic) bond motifs is 1. The van der Waals surface area contributed by atoms with Crippen LogP contribution in [0.25, 0.3) is 0 Å². The highest BCUT2D eigenvalue weighted by Gasteiger charge is 2.64. The lowest BCUT2D eigenvalue weighted by Crippen LogP contribution is -2.74. The fourth-order valence-electron chi connectivity index (χ4n) is 10.2. The van der Waals surface area contributed by atoms with Gasteiger partial charge in [-0.25, -0.2) is 9.97 Å². The predicted molar refractivity (Wildman–Crippen MR) is 223 cm³/mol. The van der Waals surface area contributed by atoms with E-state index in [-0.39, 0.29) is 36.5 Å². The van der Waals surface area contributed by atoms with Crippen LogP contribution in [0.1, 0.15) is 96.4 Å². The van der Waals surface area contributed by atoms with Gasteiger partial charge in [0.05, 0.1) is 27.3 Å². The maximum atomic E-state index is 13.5. The highest BCUT2D eigenvalue weighted by atomic mass is 35.5. The second-order valence-electron chi connectivity index (χ2n) is 17.8. The summed E-state index contributed by atoms with van der Waals surface area (Å²) in [6.07, 6.45) is 6.15. The van der Waals surface area contributed by atoms with Crippen LogP contribution in [0.5, 0.6) is 5.75 Å². The summed E-state index contributed by atoms with van der Waals surface area (Å²) in [5, 5.41) is 15.0. The minimum Gasteiger partial charge on any atom is -0.489 e. The molecule has 2 N–H and O–H groups in total. The number of benzene rings is 2. The quantitative estimate of drug-likeness (QED) is 0.290. The predicted octanol–water partition coefficient (Wildman–Crippen LogP) is 4.44. The van der Waals surface area contributed by atoms with Gasteiger partial charge in [0.15, 0.2) is 0 Å². The molecule has 1 saturated carbocycles. The summed E-state index contributed by atoms with van der Waals surface area (Å²) in [7, 11) is 0. The van der Waals surface area contributed by atoms with Crippen molar-refractivity contribution in [1.82, 2.24) is 30.4 Å². The van der Waals surface area contributed by atoms with Gasteiger partial charge >= 0.3 is 0 Å². The van der Waals surface area contributed by atoms with Crippen molar-refractivity contribution in [1.29, 1.82) is 5.26 Å². The van der Waals surface area contributed by atoms with Crippen LogP contribution in [0.4, 0.5) is 11.6 Å². The van der Waals surface area contributed by atoms with E-state index < -0.39 is 40.5 Å². The number of hydrogen-bond donors (Lipinski definition) is 2. The second-order valence-corrected chi connectivity index (χ2v) is 18.2. The maximum absolute atomic E-state index is 13.5. The number of carbonyl (C=O) groups is 5. The van der Waals surface area contributed by atoms with Crippen LogP contribution in [-0.2, 0) is 9.59 Å². The number of nitrogens with one attached hydrogen (secondary N) is 2. The number of nitriles is 1. The van der Waals surface area contributed by atoms with Gasteiger partial charge in [-0.2, -0.15) is 5.26 Å². The van der Waals surface area contributed by atoms with Gasteiger partial charge in [0.1, 0.15) is 24.0 Å². The van der Waals surface area contributed by atoms with Gasteiger partial charge in [-0.3, -0.25) is 34.2 Å². The van der Waals surface area contributed by atoms with Crippen LogP contribution in [0.15, 0.2) is 48.8 Å².